The summed E-state index contributed by atoms with van der Waals surface area (Å²) in [5.41, 5.74) is 0.930. The van der Waals surface area contributed by atoms with Crippen molar-refractivity contribution < 1.29 is 14.3 Å². The molecule has 0 unspecified atom stereocenters. The highest BCUT2D eigenvalue weighted by molar-refractivity contribution is 5.84. The average molecular weight is 346 g/mol. The highest BCUT2D eigenvalue weighted by atomic mass is 16.5. The van der Waals surface area contributed by atoms with Gasteiger partial charge < -0.3 is 19.5 Å². The Kier molecular flexibility index (Phi) is 4.50. The maximum atomic E-state index is 12.8. The van der Waals surface area contributed by atoms with E-state index >= 15 is 0 Å². The van der Waals surface area contributed by atoms with Crippen molar-refractivity contribution >= 4 is 11.8 Å². The van der Waals surface area contributed by atoms with E-state index in [4.69, 9.17) is 4.74 Å². The third kappa shape index (κ3) is 3.42. The van der Waals surface area contributed by atoms with Gasteiger partial charge in [0.05, 0.1) is 25.1 Å². The van der Waals surface area contributed by atoms with E-state index in [0.29, 0.717) is 31.5 Å². The van der Waals surface area contributed by atoms with Crippen molar-refractivity contribution in [1.29, 1.82) is 0 Å². The van der Waals surface area contributed by atoms with Gasteiger partial charge >= 0.3 is 0 Å². The Bertz CT molecular complexity index is 653. The van der Waals surface area contributed by atoms with Crippen LogP contribution < -0.4 is 5.32 Å². The molecule has 0 radical (unpaired) electrons. The SMILES string of the molecule is C[C@@H]1C[C@H]1C(=O)N1Cc2cncn2[C@@H](C(=O)NCC2CCOCC2)C1. The van der Waals surface area contributed by atoms with Gasteiger partial charge in [-0.15, -0.1) is 0 Å². The third-order valence-electron chi connectivity index (χ3n) is 5.78. The van der Waals surface area contributed by atoms with Crippen LogP contribution in [0.5, 0.6) is 0 Å². The Morgan fingerprint density at radius 3 is 2.84 bits per heavy atom. The number of aromatic nitrogens is 2. The van der Waals surface area contributed by atoms with Gasteiger partial charge in [-0.1, -0.05) is 6.92 Å². The molecule has 1 N–H and O–H groups in total. The van der Waals surface area contributed by atoms with Crippen molar-refractivity contribution in [3.8, 4) is 0 Å². The molecule has 7 nitrogen and oxygen atoms in total. The molecule has 4 rings (SSSR count). The summed E-state index contributed by atoms with van der Waals surface area (Å²) in [5.74, 6) is 1.25. The lowest BCUT2D eigenvalue weighted by Crippen LogP contribution is -2.47. The van der Waals surface area contributed by atoms with Crippen LogP contribution in [0, 0.1) is 17.8 Å². The van der Waals surface area contributed by atoms with E-state index in [1.54, 1.807) is 12.5 Å². The van der Waals surface area contributed by atoms with Crippen molar-refractivity contribution in [2.75, 3.05) is 26.3 Å². The van der Waals surface area contributed by atoms with Crippen LogP contribution >= 0.6 is 0 Å². The minimum Gasteiger partial charge on any atom is -0.381 e. The normalized spacial score (nSPS) is 29.2. The van der Waals surface area contributed by atoms with E-state index in [1.165, 1.54) is 0 Å². The summed E-state index contributed by atoms with van der Waals surface area (Å²) in [6, 6.07) is -0.385. The van der Waals surface area contributed by atoms with Gasteiger partial charge in [-0.25, -0.2) is 4.98 Å². The van der Waals surface area contributed by atoms with Crippen molar-refractivity contribution in [3.63, 3.8) is 0 Å². The number of fused-ring (bicyclic) bond motifs is 1. The van der Waals surface area contributed by atoms with Crippen LogP contribution in [0.4, 0.5) is 0 Å². The number of hydrogen-bond donors (Lipinski definition) is 1. The molecule has 1 saturated heterocycles. The Hall–Kier alpha value is -1.89. The predicted octanol–water partition coefficient (Wildman–Crippen LogP) is 0.965. The summed E-state index contributed by atoms with van der Waals surface area (Å²) in [6.07, 6.45) is 6.41. The van der Waals surface area contributed by atoms with Gasteiger partial charge in [-0.3, -0.25) is 9.59 Å². The number of imidazole rings is 1. The van der Waals surface area contributed by atoms with Crippen LogP contribution in [-0.2, 0) is 20.9 Å². The molecule has 25 heavy (non-hydrogen) atoms. The highest BCUT2D eigenvalue weighted by Crippen LogP contribution is 2.40. The second-order valence-electron chi connectivity index (χ2n) is 7.65. The van der Waals surface area contributed by atoms with Crippen LogP contribution in [0.3, 0.4) is 0 Å². The fourth-order valence-corrected chi connectivity index (χ4v) is 3.88. The average Bonchev–Trinajstić information content (AvgIpc) is 3.17. The molecular formula is C18H26N4O3. The molecule has 1 aromatic heterocycles. The van der Waals surface area contributed by atoms with Crippen LogP contribution in [0.1, 0.15) is 37.9 Å². The number of nitrogens with zero attached hydrogens (tertiary/aromatic N) is 3. The van der Waals surface area contributed by atoms with E-state index in [0.717, 1.165) is 38.2 Å². The fourth-order valence-electron chi connectivity index (χ4n) is 3.88. The molecule has 0 spiro atoms. The van der Waals surface area contributed by atoms with Crippen LogP contribution in [-0.4, -0.2) is 52.6 Å². The van der Waals surface area contributed by atoms with Crippen molar-refractivity contribution in [1.82, 2.24) is 19.8 Å². The number of nitrogens with one attached hydrogen (secondary N) is 1. The van der Waals surface area contributed by atoms with Gasteiger partial charge in [0.2, 0.25) is 11.8 Å². The quantitative estimate of drug-likeness (QED) is 0.881. The lowest BCUT2D eigenvalue weighted by Gasteiger charge is -2.34. The molecule has 136 valence electrons. The molecule has 3 atom stereocenters. The fraction of sp³-hybridized carbons (Fsp3) is 0.722. The summed E-state index contributed by atoms with van der Waals surface area (Å²) in [5, 5.41) is 3.08. The summed E-state index contributed by atoms with van der Waals surface area (Å²) in [7, 11) is 0. The molecule has 0 aromatic carbocycles. The standard InChI is InChI=1S/C18H26N4O3/c1-12-6-15(12)18(24)21-9-14-8-19-11-22(14)16(10-21)17(23)20-7-13-2-4-25-5-3-13/h8,11-13,15-16H,2-7,9-10H2,1H3,(H,20,23)/t12-,15-,16-/m1/s1. The zero-order valence-corrected chi connectivity index (χ0v) is 14.7. The molecule has 7 heteroatoms. The summed E-state index contributed by atoms with van der Waals surface area (Å²) >= 11 is 0. The van der Waals surface area contributed by atoms with E-state index in [2.05, 4.69) is 17.2 Å². The molecule has 2 fully saturated rings. The zero-order chi connectivity index (χ0) is 17.4. The van der Waals surface area contributed by atoms with E-state index in [-0.39, 0.29) is 23.8 Å². The first-order chi connectivity index (χ1) is 12.1. The lowest BCUT2D eigenvalue weighted by atomic mass is 10.0. The topological polar surface area (TPSA) is 76.5 Å². The van der Waals surface area contributed by atoms with Gasteiger partial charge in [0, 0.05) is 31.9 Å². The summed E-state index contributed by atoms with van der Waals surface area (Å²) in [4.78, 5) is 31.4. The number of ether oxygens (including phenoxy) is 1. The number of amides is 2. The first kappa shape index (κ1) is 16.6. The first-order valence-corrected chi connectivity index (χ1v) is 9.28. The molecule has 3 aliphatic rings. The Labute approximate surface area is 147 Å². The second-order valence-corrected chi connectivity index (χ2v) is 7.65. The Morgan fingerprint density at radius 1 is 1.36 bits per heavy atom. The Morgan fingerprint density at radius 2 is 2.12 bits per heavy atom. The van der Waals surface area contributed by atoms with Gasteiger partial charge in [0.25, 0.3) is 0 Å². The monoisotopic (exact) mass is 346 g/mol. The van der Waals surface area contributed by atoms with Crippen molar-refractivity contribution in [2.45, 2.75) is 38.8 Å². The van der Waals surface area contributed by atoms with E-state index in [9.17, 15) is 9.59 Å². The smallest absolute Gasteiger partial charge is 0.244 e. The van der Waals surface area contributed by atoms with Crippen LogP contribution in [0.15, 0.2) is 12.5 Å². The minimum atomic E-state index is -0.385. The van der Waals surface area contributed by atoms with Gasteiger partial charge in [0.15, 0.2) is 0 Å². The molecule has 1 saturated carbocycles. The molecule has 2 amide bonds. The lowest BCUT2D eigenvalue weighted by molar-refractivity contribution is -0.136. The predicted molar refractivity (Wildman–Crippen MR) is 90.5 cm³/mol. The van der Waals surface area contributed by atoms with Crippen LogP contribution in [0.2, 0.25) is 0 Å². The van der Waals surface area contributed by atoms with Crippen molar-refractivity contribution in [3.05, 3.63) is 18.2 Å². The van der Waals surface area contributed by atoms with Crippen LogP contribution in [0.25, 0.3) is 0 Å². The first-order valence-electron chi connectivity index (χ1n) is 9.28. The number of carbonyl (C=O) groups excluding carboxylic acids is 2. The zero-order valence-electron chi connectivity index (χ0n) is 14.7. The maximum Gasteiger partial charge on any atom is 0.244 e. The number of carbonyl (C=O) groups is 2. The Balaban J connectivity index is 1.42. The molecule has 1 aromatic rings. The van der Waals surface area contributed by atoms with Gasteiger partial charge in [0.1, 0.15) is 6.04 Å². The molecule has 1 aliphatic carbocycles. The van der Waals surface area contributed by atoms with E-state index < -0.39 is 0 Å². The second kappa shape index (κ2) is 6.78. The highest BCUT2D eigenvalue weighted by Gasteiger charge is 2.43. The number of hydrogen-bond acceptors (Lipinski definition) is 4. The summed E-state index contributed by atoms with van der Waals surface area (Å²) in [6.45, 7) is 5.32. The molecule has 3 heterocycles. The third-order valence-corrected chi connectivity index (χ3v) is 5.78. The minimum absolute atomic E-state index is 0.0212. The van der Waals surface area contributed by atoms with Gasteiger partial charge in [-0.2, -0.15) is 0 Å². The summed E-state index contributed by atoms with van der Waals surface area (Å²) < 4.78 is 7.28. The molecule has 0 bridgehead atoms. The maximum absolute atomic E-state index is 12.8. The van der Waals surface area contributed by atoms with Gasteiger partial charge in [-0.05, 0) is 31.1 Å². The van der Waals surface area contributed by atoms with E-state index in [1.807, 2.05) is 9.47 Å². The van der Waals surface area contributed by atoms with Crippen molar-refractivity contribution in [2.24, 2.45) is 17.8 Å². The molecule has 2 aliphatic heterocycles. The molecular weight excluding hydrogens is 320 g/mol. The largest absolute Gasteiger partial charge is 0.381 e. The number of rotatable bonds is 4.